The number of benzene rings is 2. The van der Waals surface area contributed by atoms with Crippen LogP contribution < -0.4 is 4.74 Å². The van der Waals surface area contributed by atoms with Gasteiger partial charge >= 0.3 is 5.97 Å². The van der Waals surface area contributed by atoms with Gasteiger partial charge in [0, 0.05) is 17.0 Å². The fourth-order valence-corrected chi connectivity index (χ4v) is 1.91. The lowest BCUT2D eigenvalue weighted by Crippen LogP contribution is -2.10. The van der Waals surface area contributed by atoms with Crippen molar-refractivity contribution in [3.63, 3.8) is 0 Å². The maximum atomic E-state index is 11.9. The van der Waals surface area contributed by atoms with Gasteiger partial charge in [0.2, 0.25) is 0 Å². The molecule has 0 heterocycles. The Balaban J connectivity index is 1.84. The number of rotatable bonds is 5. The Kier molecular flexibility index (Phi) is 5.12. The number of carbonyl (C=O) groups is 2. The fourth-order valence-electron chi connectivity index (χ4n) is 1.78. The lowest BCUT2D eigenvalue weighted by Gasteiger charge is -2.04. The van der Waals surface area contributed by atoms with Crippen LogP contribution in [-0.2, 0) is 4.79 Å². The molecule has 108 valence electrons. The first kappa shape index (κ1) is 15.3. The molecular formula is C17H15ClO3. The van der Waals surface area contributed by atoms with E-state index in [0.717, 1.165) is 5.56 Å². The summed E-state index contributed by atoms with van der Waals surface area (Å²) in [6.45, 7) is 1.95. The number of aryl methyl sites for hydroxylation is 1. The van der Waals surface area contributed by atoms with Gasteiger partial charge in [-0.1, -0.05) is 29.3 Å². The first-order chi connectivity index (χ1) is 10.0. The van der Waals surface area contributed by atoms with Gasteiger partial charge in [-0.15, -0.1) is 0 Å². The quantitative estimate of drug-likeness (QED) is 0.472. The molecule has 0 aliphatic rings. The molecule has 4 heteroatoms. The second-order valence-corrected chi connectivity index (χ2v) is 5.15. The Morgan fingerprint density at radius 1 is 0.952 bits per heavy atom. The van der Waals surface area contributed by atoms with Crippen LogP contribution >= 0.6 is 11.6 Å². The molecule has 0 fully saturated rings. The van der Waals surface area contributed by atoms with E-state index in [1.807, 2.05) is 19.1 Å². The minimum atomic E-state index is -0.416. The van der Waals surface area contributed by atoms with Crippen molar-refractivity contribution in [2.24, 2.45) is 0 Å². The van der Waals surface area contributed by atoms with Crippen molar-refractivity contribution < 1.29 is 14.3 Å². The molecule has 0 unspecified atom stereocenters. The summed E-state index contributed by atoms with van der Waals surface area (Å²) < 4.78 is 5.16. The van der Waals surface area contributed by atoms with Crippen LogP contribution in [-0.4, -0.2) is 11.8 Å². The van der Waals surface area contributed by atoms with Crippen LogP contribution in [0.25, 0.3) is 0 Å². The summed E-state index contributed by atoms with van der Waals surface area (Å²) in [6.07, 6.45) is 0.168. The molecule has 0 saturated carbocycles. The van der Waals surface area contributed by atoms with Crippen LogP contribution in [0.1, 0.15) is 28.8 Å². The van der Waals surface area contributed by atoms with Crippen LogP contribution in [0.4, 0.5) is 0 Å². The zero-order valence-electron chi connectivity index (χ0n) is 11.6. The highest BCUT2D eigenvalue weighted by Crippen LogP contribution is 2.14. The van der Waals surface area contributed by atoms with E-state index < -0.39 is 5.97 Å². The molecule has 0 aliphatic carbocycles. The molecule has 2 rings (SSSR count). The Hall–Kier alpha value is -2.13. The molecule has 0 atom stereocenters. The first-order valence-corrected chi connectivity index (χ1v) is 6.98. The van der Waals surface area contributed by atoms with E-state index in [-0.39, 0.29) is 18.6 Å². The number of ketones is 1. The van der Waals surface area contributed by atoms with E-state index in [9.17, 15) is 9.59 Å². The molecule has 0 amide bonds. The van der Waals surface area contributed by atoms with Gasteiger partial charge in [-0.2, -0.15) is 0 Å². The number of halogens is 1. The van der Waals surface area contributed by atoms with Crippen molar-refractivity contribution in [3.8, 4) is 5.75 Å². The maximum Gasteiger partial charge on any atom is 0.311 e. The lowest BCUT2D eigenvalue weighted by atomic mass is 10.1. The van der Waals surface area contributed by atoms with Crippen molar-refractivity contribution in [3.05, 3.63) is 64.7 Å². The lowest BCUT2D eigenvalue weighted by molar-refractivity contribution is -0.134. The van der Waals surface area contributed by atoms with E-state index in [2.05, 4.69) is 0 Å². The largest absolute Gasteiger partial charge is 0.427 e. The van der Waals surface area contributed by atoms with Gasteiger partial charge in [-0.05, 0) is 43.3 Å². The molecular weight excluding hydrogens is 288 g/mol. The fraction of sp³-hybridized carbons (Fsp3) is 0.176. The highest BCUT2D eigenvalue weighted by atomic mass is 35.5. The van der Waals surface area contributed by atoms with Crippen molar-refractivity contribution in [1.29, 1.82) is 0 Å². The van der Waals surface area contributed by atoms with Crippen molar-refractivity contribution in [2.75, 3.05) is 0 Å². The Labute approximate surface area is 128 Å². The van der Waals surface area contributed by atoms with Crippen LogP contribution in [0.15, 0.2) is 48.5 Å². The molecule has 0 spiro atoms. The van der Waals surface area contributed by atoms with Crippen LogP contribution in [0.5, 0.6) is 5.75 Å². The zero-order chi connectivity index (χ0) is 15.2. The van der Waals surface area contributed by atoms with Gasteiger partial charge in [0.1, 0.15) is 5.75 Å². The third-order valence-electron chi connectivity index (χ3n) is 2.98. The molecule has 0 bridgehead atoms. The molecule has 0 aromatic heterocycles. The average molecular weight is 303 g/mol. The number of carbonyl (C=O) groups excluding carboxylic acids is 2. The molecule has 0 radical (unpaired) electrons. The monoisotopic (exact) mass is 302 g/mol. The summed E-state index contributed by atoms with van der Waals surface area (Å²) in [4.78, 5) is 23.6. The number of ether oxygens (including phenoxy) is 1. The maximum absolute atomic E-state index is 11.9. The second kappa shape index (κ2) is 7.04. The van der Waals surface area contributed by atoms with Gasteiger partial charge < -0.3 is 4.74 Å². The topological polar surface area (TPSA) is 43.4 Å². The van der Waals surface area contributed by atoms with E-state index in [1.54, 1.807) is 36.4 Å². The Bertz CT molecular complexity index is 630. The van der Waals surface area contributed by atoms with Crippen molar-refractivity contribution in [1.82, 2.24) is 0 Å². The van der Waals surface area contributed by atoms with Crippen molar-refractivity contribution >= 4 is 23.4 Å². The third-order valence-corrected chi connectivity index (χ3v) is 3.23. The molecule has 2 aromatic carbocycles. The van der Waals surface area contributed by atoms with E-state index >= 15 is 0 Å². The minimum Gasteiger partial charge on any atom is -0.427 e. The summed E-state index contributed by atoms with van der Waals surface area (Å²) in [5.41, 5.74) is 1.63. The number of esters is 1. The van der Waals surface area contributed by atoms with Gasteiger partial charge in [-0.25, -0.2) is 0 Å². The highest BCUT2D eigenvalue weighted by Gasteiger charge is 2.11. The predicted molar refractivity (Wildman–Crippen MR) is 81.8 cm³/mol. The predicted octanol–water partition coefficient (Wildman–Crippen LogP) is 4.22. The second-order valence-electron chi connectivity index (χ2n) is 4.72. The molecule has 2 aromatic rings. The summed E-state index contributed by atoms with van der Waals surface area (Å²) in [6, 6.07) is 13.8. The standard InChI is InChI=1S/C17H15ClO3/c1-12-2-8-15(9-3-12)21-17(20)11-10-16(19)13-4-6-14(18)7-5-13/h2-9H,10-11H2,1H3. The zero-order valence-corrected chi connectivity index (χ0v) is 12.4. The average Bonchev–Trinajstić information content (AvgIpc) is 2.48. The third kappa shape index (κ3) is 4.72. The summed E-state index contributed by atoms with van der Waals surface area (Å²) >= 11 is 5.76. The van der Waals surface area contributed by atoms with Gasteiger partial charge in [-0.3, -0.25) is 9.59 Å². The Morgan fingerprint density at radius 3 is 2.19 bits per heavy atom. The van der Waals surface area contributed by atoms with E-state index in [1.165, 1.54) is 0 Å². The molecule has 0 saturated heterocycles. The van der Waals surface area contributed by atoms with Crippen molar-refractivity contribution in [2.45, 2.75) is 19.8 Å². The molecule has 0 aliphatic heterocycles. The highest BCUT2D eigenvalue weighted by molar-refractivity contribution is 6.30. The SMILES string of the molecule is Cc1ccc(OC(=O)CCC(=O)c2ccc(Cl)cc2)cc1. The summed E-state index contributed by atoms with van der Waals surface area (Å²) in [5, 5.41) is 0.574. The summed E-state index contributed by atoms with van der Waals surface area (Å²) in [5.74, 6) is -0.0294. The summed E-state index contributed by atoms with van der Waals surface area (Å²) in [7, 11) is 0. The minimum absolute atomic E-state index is 0.0509. The van der Waals surface area contributed by atoms with Gasteiger partial charge in [0.05, 0.1) is 6.42 Å². The first-order valence-electron chi connectivity index (χ1n) is 6.61. The normalized spacial score (nSPS) is 10.2. The van der Waals surface area contributed by atoms with Crippen LogP contribution in [0.3, 0.4) is 0 Å². The molecule has 0 N–H and O–H groups in total. The van der Waals surface area contributed by atoms with Crippen LogP contribution in [0.2, 0.25) is 5.02 Å². The number of Topliss-reactive ketones (excluding diaryl/α,β-unsaturated/α-hetero) is 1. The van der Waals surface area contributed by atoms with Crippen LogP contribution in [0, 0.1) is 6.92 Å². The number of hydrogen-bond donors (Lipinski definition) is 0. The molecule has 21 heavy (non-hydrogen) atoms. The van der Waals surface area contributed by atoms with Gasteiger partial charge in [0.25, 0.3) is 0 Å². The Morgan fingerprint density at radius 2 is 1.57 bits per heavy atom. The van der Waals surface area contributed by atoms with E-state index in [0.29, 0.717) is 16.3 Å². The molecule has 3 nitrogen and oxygen atoms in total. The smallest absolute Gasteiger partial charge is 0.311 e. The van der Waals surface area contributed by atoms with E-state index in [4.69, 9.17) is 16.3 Å². The van der Waals surface area contributed by atoms with Gasteiger partial charge in [0.15, 0.2) is 5.78 Å². The number of hydrogen-bond acceptors (Lipinski definition) is 3.